The summed E-state index contributed by atoms with van der Waals surface area (Å²) in [6.45, 7) is 7.92. The largest absolute Gasteiger partial charge is 0.508 e. The number of amides is 12. The van der Waals surface area contributed by atoms with Crippen LogP contribution in [0.3, 0.4) is 0 Å². The van der Waals surface area contributed by atoms with Crippen LogP contribution in [0.1, 0.15) is 200 Å². The Morgan fingerprint density at radius 2 is 1.15 bits per heavy atom. The molecule has 0 spiro atoms. The van der Waals surface area contributed by atoms with Crippen molar-refractivity contribution in [1.82, 2.24) is 52.8 Å². The normalized spacial score (nSPS) is 21.9. The van der Waals surface area contributed by atoms with E-state index in [-0.39, 0.29) is 68.6 Å². The Labute approximate surface area is 607 Å². The van der Waals surface area contributed by atoms with E-state index in [1.807, 2.05) is 0 Å². The Kier molecular flexibility index (Phi) is 38.3. The van der Waals surface area contributed by atoms with E-state index in [0.717, 1.165) is 43.9 Å². The van der Waals surface area contributed by atoms with Crippen molar-refractivity contribution in [2.45, 2.75) is 274 Å². The van der Waals surface area contributed by atoms with Gasteiger partial charge < -0.3 is 95.1 Å². The van der Waals surface area contributed by atoms with E-state index in [1.165, 1.54) is 87.6 Å². The summed E-state index contributed by atoms with van der Waals surface area (Å²) in [4.78, 5) is 195. The maximum absolute atomic E-state index is 14.8. The Morgan fingerprint density at radius 1 is 0.596 bits per heavy atom. The van der Waals surface area contributed by atoms with E-state index in [1.54, 1.807) is 13.8 Å². The van der Waals surface area contributed by atoms with Crippen LogP contribution in [0.5, 0.6) is 5.75 Å². The highest BCUT2D eigenvalue weighted by Gasteiger charge is 2.41. The highest BCUT2D eigenvalue weighted by molar-refractivity contribution is 6.01. The van der Waals surface area contributed by atoms with Crippen LogP contribution in [0.2, 0.25) is 0 Å². The first-order valence-corrected chi connectivity index (χ1v) is 36.4. The lowest BCUT2D eigenvalue weighted by atomic mass is 9.96. The van der Waals surface area contributed by atoms with E-state index in [2.05, 4.69) is 60.1 Å². The molecule has 578 valence electrons. The summed E-state index contributed by atoms with van der Waals surface area (Å²) in [6.07, 6.45) is 5.53. The molecule has 3 heterocycles. The van der Waals surface area contributed by atoms with Gasteiger partial charge in [0, 0.05) is 44.3 Å². The molecule has 19 N–H and O–H groups in total. The molecule has 1 saturated heterocycles. The number of aliphatic carboxylic acids is 2. The maximum Gasteiger partial charge on any atom is 0.303 e. The van der Waals surface area contributed by atoms with Crippen LogP contribution >= 0.6 is 0 Å². The number of primary amides is 1. The second kappa shape index (κ2) is 45.7. The third kappa shape index (κ3) is 31.0. The number of benzene rings is 2. The molecule has 104 heavy (non-hydrogen) atoms. The lowest BCUT2D eigenvalue weighted by Gasteiger charge is -2.30. The topological polar surface area (TPSA) is 516 Å². The standard InChI is InChI=1S/C72H111N13O19/c1-6-8-9-10-11-12-13-14-15-16-17-20-49(88)41-58(90)77-51(32-35-59(91)92)65(97)78-50(21-18-37-73)64(96)81-55-39-45-23-27-47(28-24-45)76-70(102)61(42(3)7-2)83-67(99)54(40-46-25-29-48(87)30-26-46)82-66(98)52(31-34-57(74)89)79-69(101)56-22-19-38-85(56)72(104)43(4)75-63(95)53(33-36-60(93)94)80-71(103)62(44(5)86)84-68(55)100/h23-30,42-44,49-56,61-62,86-88H,6-22,31-41,73H2,1-5H3,(H2,74,89)(H,75,95)(H,76,102)(H,77,90)(H,78,97)(H,79,101)(H,80,103)(H,81,96)(H,82,98)(H,83,99)(H,84,100)(H,91,92)(H,93,94)/t42-,43-,44+,49?,50-,51+,52+,53+,54+,55-,56+,61+,62+/m1/s1. The number of carboxylic acids is 2. The maximum atomic E-state index is 14.8. The van der Waals surface area contributed by atoms with Crippen molar-refractivity contribution in [3.05, 3.63) is 59.7 Å². The molecule has 2 aromatic rings. The highest BCUT2D eigenvalue weighted by atomic mass is 16.4. The Bertz CT molecular complexity index is 3190. The van der Waals surface area contributed by atoms with Crippen molar-refractivity contribution >= 4 is 88.5 Å². The number of phenolic OH excluding ortho intramolecular Hbond substituents is 1. The van der Waals surface area contributed by atoms with Crippen molar-refractivity contribution in [2.75, 3.05) is 18.4 Å². The number of rotatable bonds is 36. The number of nitrogens with zero attached hydrogens (tertiary/aromatic N) is 1. The number of carbonyl (C=O) groups excluding carboxylic acids is 12. The minimum absolute atomic E-state index is 0.0163. The van der Waals surface area contributed by atoms with Crippen LogP contribution < -0.4 is 64.6 Å². The van der Waals surface area contributed by atoms with Gasteiger partial charge in [0.15, 0.2) is 0 Å². The lowest BCUT2D eigenvalue weighted by molar-refractivity contribution is -0.142. The minimum Gasteiger partial charge on any atom is -0.508 e. The van der Waals surface area contributed by atoms with Gasteiger partial charge in [-0.05, 0) is 113 Å². The van der Waals surface area contributed by atoms with E-state index >= 15 is 0 Å². The number of aromatic hydroxyl groups is 1. The number of aliphatic hydroxyl groups excluding tert-OH is 2. The molecular formula is C72H111N13O19. The molecule has 0 aliphatic carbocycles. The molecule has 12 amide bonds. The Morgan fingerprint density at radius 3 is 1.74 bits per heavy atom. The number of aliphatic hydroxyl groups is 2. The number of phenols is 1. The monoisotopic (exact) mass is 1460 g/mol. The van der Waals surface area contributed by atoms with Gasteiger partial charge in [-0.3, -0.25) is 67.1 Å². The predicted octanol–water partition coefficient (Wildman–Crippen LogP) is 1.12. The van der Waals surface area contributed by atoms with E-state index in [0.29, 0.717) is 24.8 Å². The molecule has 2 bridgehead atoms. The molecule has 3 aliphatic heterocycles. The van der Waals surface area contributed by atoms with Gasteiger partial charge in [-0.2, -0.15) is 0 Å². The fraction of sp³-hybridized carbons (Fsp3) is 0.639. The molecule has 0 aromatic heterocycles. The number of nitrogens with one attached hydrogen (secondary N) is 10. The quantitative estimate of drug-likeness (QED) is 0.0336. The summed E-state index contributed by atoms with van der Waals surface area (Å²) in [6, 6.07) is -4.26. The van der Waals surface area contributed by atoms with Gasteiger partial charge in [0.05, 0.1) is 18.6 Å². The average molecular weight is 1460 g/mol. The molecular weight excluding hydrogens is 1350 g/mol. The van der Waals surface area contributed by atoms with Crippen molar-refractivity contribution in [2.24, 2.45) is 17.4 Å². The van der Waals surface area contributed by atoms with Gasteiger partial charge in [0.2, 0.25) is 70.9 Å². The summed E-state index contributed by atoms with van der Waals surface area (Å²) in [5, 5.41) is 77.0. The fourth-order valence-electron chi connectivity index (χ4n) is 12.2. The number of carboxylic acid groups (broad SMARTS) is 2. The number of nitrogens with two attached hydrogens (primary N) is 2. The third-order valence-electron chi connectivity index (χ3n) is 18.5. The molecule has 0 radical (unpaired) electrons. The molecule has 32 nitrogen and oxygen atoms in total. The zero-order chi connectivity index (χ0) is 77.0. The summed E-state index contributed by atoms with van der Waals surface area (Å²) in [5.74, 6) is -14.8. The van der Waals surface area contributed by atoms with Gasteiger partial charge in [-0.25, -0.2) is 0 Å². The van der Waals surface area contributed by atoms with Crippen LogP contribution in [-0.4, -0.2) is 199 Å². The van der Waals surface area contributed by atoms with Gasteiger partial charge >= 0.3 is 11.9 Å². The Balaban J connectivity index is 1.75. The summed E-state index contributed by atoms with van der Waals surface area (Å²) < 4.78 is 0. The molecule has 1 fully saturated rings. The first-order valence-electron chi connectivity index (χ1n) is 36.4. The van der Waals surface area contributed by atoms with E-state index in [4.69, 9.17) is 11.5 Å². The van der Waals surface area contributed by atoms with Gasteiger partial charge in [0.25, 0.3) is 0 Å². The number of carbonyl (C=O) groups is 14. The molecule has 2 aromatic carbocycles. The zero-order valence-electron chi connectivity index (χ0n) is 60.5. The fourth-order valence-corrected chi connectivity index (χ4v) is 12.2. The van der Waals surface area contributed by atoms with Crippen LogP contribution in [0.15, 0.2) is 48.5 Å². The van der Waals surface area contributed by atoms with Gasteiger partial charge in [-0.1, -0.05) is 122 Å². The van der Waals surface area contributed by atoms with E-state index < -0.39 is 206 Å². The molecule has 5 rings (SSSR count). The van der Waals surface area contributed by atoms with Crippen molar-refractivity contribution in [3.8, 4) is 5.75 Å². The molecule has 13 atom stereocenters. The second-order valence-corrected chi connectivity index (χ2v) is 27.2. The van der Waals surface area contributed by atoms with E-state index in [9.17, 15) is 92.7 Å². The smallest absolute Gasteiger partial charge is 0.303 e. The van der Waals surface area contributed by atoms with Gasteiger partial charge in [0.1, 0.15) is 66.2 Å². The first-order chi connectivity index (χ1) is 49.4. The lowest BCUT2D eigenvalue weighted by Crippen LogP contribution is -2.62. The predicted molar refractivity (Wildman–Crippen MR) is 382 cm³/mol. The van der Waals surface area contributed by atoms with Crippen LogP contribution in [0, 0.1) is 5.92 Å². The van der Waals surface area contributed by atoms with Crippen molar-refractivity contribution in [1.29, 1.82) is 0 Å². The summed E-state index contributed by atoms with van der Waals surface area (Å²) in [5.41, 5.74) is 12.2. The molecule has 0 saturated carbocycles. The number of unbranched alkanes of at least 4 members (excludes halogenated alkanes) is 10. The SMILES string of the molecule is CCCCCCCCCCCCCC(O)CC(=O)N[C@@H](CCC(=O)O)C(=O)N[C@H](CCCN)C(=O)N[C@@H]1Cc2ccc(cc2)NC(=O)[C@H]([C@H](C)CC)NC(=O)[C@H](Cc2ccc(O)cc2)NC(=O)[C@H](CCC(N)=O)NC(=O)[C@@H]2CCCN2C(=O)[C@@H](C)NC(=O)[C@H](CCC(=O)O)NC(=O)[C@H]([C@H](C)O)NC1=O. The average Bonchev–Trinajstić information content (AvgIpc) is 1.55. The second-order valence-electron chi connectivity index (χ2n) is 27.2. The van der Waals surface area contributed by atoms with Crippen LogP contribution in [0.25, 0.3) is 0 Å². The summed E-state index contributed by atoms with van der Waals surface area (Å²) >= 11 is 0. The third-order valence-corrected chi connectivity index (χ3v) is 18.5. The van der Waals surface area contributed by atoms with Crippen LogP contribution in [0.4, 0.5) is 5.69 Å². The van der Waals surface area contributed by atoms with Crippen LogP contribution in [-0.2, 0) is 80.0 Å². The zero-order valence-corrected chi connectivity index (χ0v) is 60.5. The molecule has 1 unspecified atom stereocenters. The number of hydrogen-bond donors (Lipinski definition) is 17. The number of fused-ring (bicyclic) bond motifs is 23. The Hall–Kier alpha value is -9.30. The number of hydrogen-bond acceptors (Lipinski definition) is 18. The van der Waals surface area contributed by atoms with Crippen molar-refractivity contribution in [3.63, 3.8) is 0 Å². The molecule has 3 aliphatic rings. The van der Waals surface area contributed by atoms with Gasteiger partial charge in [-0.15, -0.1) is 0 Å². The van der Waals surface area contributed by atoms with Crippen molar-refractivity contribution < 1.29 is 92.7 Å². The minimum atomic E-state index is -1.97. The number of anilines is 1. The first kappa shape index (κ1) is 87.1. The highest BCUT2D eigenvalue weighted by Crippen LogP contribution is 2.22. The summed E-state index contributed by atoms with van der Waals surface area (Å²) in [7, 11) is 0. The molecule has 32 heteroatoms.